The maximum Gasteiger partial charge on any atom is 0.339 e. The molecule has 0 atom stereocenters. The van der Waals surface area contributed by atoms with Crippen molar-refractivity contribution in [3.05, 3.63) is 59.7 Å². The van der Waals surface area contributed by atoms with Crippen molar-refractivity contribution < 1.29 is 14.3 Å². The quantitative estimate of drug-likeness (QED) is 0.673. The monoisotopic (exact) mass is 250 g/mol. The zero-order valence-corrected chi connectivity index (χ0v) is 10.1. The van der Waals surface area contributed by atoms with Crippen LogP contribution < -0.4 is 4.74 Å². The molecule has 0 unspecified atom stereocenters. The van der Waals surface area contributed by atoms with E-state index in [0.29, 0.717) is 17.9 Å². The van der Waals surface area contributed by atoms with Gasteiger partial charge in [0.2, 0.25) is 0 Å². The van der Waals surface area contributed by atoms with Gasteiger partial charge in [-0.3, -0.25) is 0 Å². The number of hydrogen-bond donors (Lipinski definition) is 0. The highest BCUT2D eigenvalue weighted by atomic mass is 16.5. The second kappa shape index (κ2) is 3.72. The highest BCUT2D eigenvalue weighted by Gasteiger charge is 2.32. The van der Waals surface area contributed by atoms with Crippen LogP contribution in [0.4, 0.5) is 0 Å². The van der Waals surface area contributed by atoms with Crippen LogP contribution in [0.15, 0.2) is 48.5 Å². The van der Waals surface area contributed by atoms with E-state index in [4.69, 9.17) is 9.47 Å². The number of fused-ring (bicyclic) bond motifs is 4. The zero-order chi connectivity index (χ0) is 12.8. The highest BCUT2D eigenvalue weighted by molar-refractivity contribution is 6.28. The number of rotatable bonds is 0. The highest BCUT2D eigenvalue weighted by Crippen LogP contribution is 2.44. The molecule has 0 fully saturated rings. The lowest BCUT2D eigenvalue weighted by atomic mass is 9.97. The van der Waals surface area contributed by atoms with Crippen LogP contribution in [0.2, 0.25) is 0 Å². The lowest BCUT2D eigenvalue weighted by Crippen LogP contribution is -2.00. The smallest absolute Gasteiger partial charge is 0.339 e. The van der Waals surface area contributed by atoms with Gasteiger partial charge >= 0.3 is 5.97 Å². The fourth-order valence-corrected chi connectivity index (χ4v) is 2.58. The van der Waals surface area contributed by atoms with Crippen molar-refractivity contribution in [1.82, 2.24) is 0 Å². The third-order valence-electron chi connectivity index (χ3n) is 3.44. The van der Waals surface area contributed by atoms with Gasteiger partial charge in [0.1, 0.15) is 18.1 Å². The first-order valence-corrected chi connectivity index (χ1v) is 6.11. The molecule has 2 aliphatic rings. The van der Waals surface area contributed by atoms with E-state index in [1.54, 1.807) is 0 Å². The Morgan fingerprint density at radius 1 is 0.842 bits per heavy atom. The molecule has 0 aliphatic carbocycles. The van der Waals surface area contributed by atoms with Crippen molar-refractivity contribution in [2.45, 2.75) is 0 Å². The molecule has 2 aromatic rings. The lowest BCUT2D eigenvalue weighted by Gasteiger charge is -2.10. The Morgan fingerprint density at radius 2 is 1.47 bits per heavy atom. The van der Waals surface area contributed by atoms with Crippen LogP contribution in [0.5, 0.6) is 11.5 Å². The molecule has 19 heavy (non-hydrogen) atoms. The summed E-state index contributed by atoms with van der Waals surface area (Å²) >= 11 is 0. The molecule has 0 bridgehead atoms. The molecule has 0 spiro atoms. The molecular weight excluding hydrogens is 240 g/mol. The minimum absolute atomic E-state index is 0.275. The Morgan fingerprint density at radius 3 is 2.26 bits per heavy atom. The van der Waals surface area contributed by atoms with E-state index in [2.05, 4.69) is 0 Å². The summed E-state index contributed by atoms with van der Waals surface area (Å²) in [7, 11) is 0. The Kier molecular flexibility index (Phi) is 2.03. The predicted molar refractivity (Wildman–Crippen MR) is 70.7 cm³/mol. The Labute approximate surface area is 110 Å². The topological polar surface area (TPSA) is 35.5 Å². The van der Waals surface area contributed by atoms with Gasteiger partial charge in [-0.15, -0.1) is 0 Å². The molecule has 0 amide bonds. The summed E-state index contributed by atoms with van der Waals surface area (Å²) in [5.74, 6) is 1.18. The minimum atomic E-state index is -0.275. The first kappa shape index (κ1) is 10.4. The third-order valence-corrected chi connectivity index (χ3v) is 3.44. The van der Waals surface area contributed by atoms with E-state index < -0.39 is 0 Å². The van der Waals surface area contributed by atoms with Crippen molar-refractivity contribution in [3.8, 4) is 11.5 Å². The van der Waals surface area contributed by atoms with Crippen LogP contribution in [0.25, 0.3) is 11.1 Å². The van der Waals surface area contributed by atoms with Crippen molar-refractivity contribution in [1.29, 1.82) is 0 Å². The van der Waals surface area contributed by atoms with E-state index in [-0.39, 0.29) is 5.97 Å². The maximum atomic E-state index is 12.0. The number of ether oxygens (including phenoxy) is 2. The fraction of sp³-hybridized carbons (Fsp3) is 0.0625. The number of esters is 1. The van der Waals surface area contributed by atoms with E-state index >= 15 is 0 Å². The summed E-state index contributed by atoms with van der Waals surface area (Å²) in [6.07, 6.45) is 0. The van der Waals surface area contributed by atoms with E-state index in [1.165, 1.54) is 0 Å². The van der Waals surface area contributed by atoms with Crippen molar-refractivity contribution in [2.75, 3.05) is 6.61 Å². The standard InChI is InChI=1S/C16H10O3/c17-16-15-11-6-2-4-8-14(11)19-13-7-3-1-5-10(13)12(15)9-18-16/h1-8H,9H2. The van der Waals surface area contributed by atoms with Crippen molar-refractivity contribution in [2.24, 2.45) is 0 Å². The molecule has 0 saturated carbocycles. The molecule has 2 aromatic carbocycles. The maximum absolute atomic E-state index is 12.0. The number of benzene rings is 2. The molecule has 92 valence electrons. The summed E-state index contributed by atoms with van der Waals surface area (Å²) in [6, 6.07) is 15.3. The Balaban J connectivity index is 2.09. The average molecular weight is 250 g/mol. The molecule has 0 N–H and O–H groups in total. The average Bonchev–Trinajstić information content (AvgIpc) is 2.75. The number of hydrogen-bond acceptors (Lipinski definition) is 3. The van der Waals surface area contributed by atoms with E-state index in [0.717, 1.165) is 22.4 Å². The lowest BCUT2D eigenvalue weighted by molar-refractivity contribution is -0.133. The normalized spacial score (nSPS) is 15.9. The number of para-hydroxylation sites is 2. The summed E-state index contributed by atoms with van der Waals surface area (Å²) in [4.78, 5) is 12.0. The van der Waals surface area contributed by atoms with Crippen molar-refractivity contribution in [3.63, 3.8) is 0 Å². The second-order valence-corrected chi connectivity index (χ2v) is 4.52. The van der Waals surface area contributed by atoms with Gasteiger partial charge in [0.05, 0.1) is 5.57 Å². The van der Waals surface area contributed by atoms with Crippen LogP contribution in [0.1, 0.15) is 11.1 Å². The van der Waals surface area contributed by atoms with Crippen LogP contribution >= 0.6 is 0 Å². The van der Waals surface area contributed by atoms with E-state index in [9.17, 15) is 4.79 Å². The molecule has 0 radical (unpaired) electrons. The molecule has 2 heterocycles. The summed E-state index contributed by atoms with van der Waals surface area (Å²) in [5, 5.41) is 0. The number of carbonyl (C=O) groups is 1. The molecule has 2 aliphatic heterocycles. The van der Waals surface area contributed by atoms with Gasteiger partial charge in [-0.05, 0) is 12.1 Å². The van der Waals surface area contributed by atoms with Crippen LogP contribution in [0, 0.1) is 0 Å². The van der Waals surface area contributed by atoms with E-state index in [1.807, 2.05) is 48.5 Å². The third kappa shape index (κ3) is 1.41. The van der Waals surface area contributed by atoms with Gasteiger partial charge in [0.15, 0.2) is 0 Å². The molecule has 0 saturated heterocycles. The van der Waals surface area contributed by atoms with Gasteiger partial charge in [0.25, 0.3) is 0 Å². The fourth-order valence-electron chi connectivity index (χ4n) is 2.58. The summed E-state index contributed by atoms with van der Waals surface area (Å²) in [5.41, 5.74) is 3.27. The molecule has 3 heteroatoms. The molecule has 4 rings (SSSR count). The predicted octanol–water partition coefficient (Wildman–Crippen LogP) is 3.26. The summed E-state index contributed by atoms with van der Waals surface area (Å²) in [6.45, 7) is 0.308. The van der Waals surface area contributed by atoms with Crippen molar-refractivity contribution >= 4 is 17.1 Å². The Hall–Kier alpha value is -2.55. The molecule has 0 aromatic heterocycles. The van der Waals surface area contributed by atoms with Crippen LogP contribution in [0.3, 0.4) is 0 Å². The second-order valence-electron chi connectivity index (χ2n) is 4.52. The van der Waals surface area contributed by atoms with Gasteiger partial charge in [0, 0.05) is 16.7 Å². The van der Waals surface area contributed by atoms with Crippen LogP contribution in [-0.4, -0.2) is 12.6 Å². The summed E-state index contributed by atoms with van der Waals surface area (Å²) < 4.78 is 11.1. The van der Waals surface area contributed by atoms with Gasteiger partial charge in [-0.25, -0.2) is 4.79 Å². The molecular formula is C16H10O3. The van der Waals surface area contributed by atoms with Gasteiger partial charge in [-0.1, -0.05) is 36.4 Å². The number of cyclic esters (lactones) is 1. The first-order valence-electron chi connectivity index (χ1n) is 6.11. The number of carbonyl (C=O) groups excluding carboxylic acids is 1. The zero-order valence-electron chi connectivity index (χ0n) is 10.1. The van der Waals surface area contributed by atoms with Crippen LogP contribution in [-0.2, 0) is 9.53 Å². The van der Waals surface area contributed by atoms with Gasteiger partial charge in [-0.2, -0.15) is 0 Å². The largest absolute Gasteiger partial charge is 0.457 e. The SMILES string of the molecule is O=C1OCC2=C1c1ccccc1Oc1ccccc12. The first-order chi connectivity index (χ1) is 9.34. The van der Waals surface area contributed by atoms with Gasteiger partial charge < -0.3 is 9.47 Å². The molecule has 3 nitrogen and oxygen atoms in total. The Bertz CT molecular complexity index is 728. The minimum Gasteiger partial charge on any atom is -0.457 e.